The number of nitrogens with zero attached hydrogens (tertiary/aromatic N) is 2. The van der Waals surface area contributed by atoms with Crippen molar-refractivity contribution in [2.75, 3.05) is 7.11 Å². The van der Waals surface area contributed by atoms with Crippen molar-refractivity contribution in [3.05, 3.63) is 112 Å². The molecule has 0 unspecified atom stereocenters. The molecule has 1 N–H and O–H groups in total. The minimum Gasteiger partial charge on any atom is -0.497 e. The van der Waals surface area contributed by atoms with Crippen LogP contribution in [0.5, 0.6) is 5.75 Å². The van der Waals surface area contributed by atoms with Crippen LogP contribution in [0.2, 0.25) is 0 Å². The Balaban J connectivity index is 1.57. The van der Waals surface area contributed by atoms with Crippen molar-refractivity contribution in [1.29, 1.82) is 0 Å². The number of thioether (sulfide) groups is 1. The van der Waals surface area contributed by atoms with Gasteiger partial charge in [0.2, 0.25) is 0 Å². The van der Waals surface area contributed by atoms with Gasteiger partial charge in [0, 0.05) is 17.5 Å². The molecule has 37 heavy (non-hydrogen) atoms. The van der Waals surface area contributed by atoms with E-state index in [1.807, 2.05) is 54.6 Å². The van der Waals surface area contributed by atoms with Crippen molar-refractivity contribution in [2.45, 2.75) is 23.6 Å². The van der Waals surface area contributed by atoms with Crippen LogP contribution in [0.15, 0.2) is 95.0 Å². The summed E-state index contributed by atoms with van der Waals surface area (Å²) in [6.07, 6.45) is -2.67. The topological polar surface area (TPSA) is 59.9 Å². The van der Waals surface area contributed by atoms with Crippen LogP contribution >= 0.6 is 11.8 Å². The number of H-pyrrole nitrogens is 1. The van der Waals surface area contributed by atoms with Gasteiger partial charge in [0.15, 0.2) is 5.16 Å². The first-order valence-electron chi connectivity index (χ1n) is 11.4. The third kappa shape index (κ3) is 5.27. The Hall–Kier alpha value is -3.98. The number of hydrogen-bond acceptors (Lipinski definition) is 4. The van der Waals surface area contributed by atoms with Gasteiger partial charge in [-0.1, -0.05) is 72.4 Å². The van der Waals surface area contributed by atoms with Crippen LogP contribution in [0.1, 0.15) is 16.7 Å². The van der Waals surface area contributed by atoms with Gasteiger partial charge in [-0.3, -0.25) is 9.36 Å². The van der Waals surface area contributed by atoms with Gasteiger partial charge in [0.05, 0.1) is 19.2 Å². The van der Waals surface area contributed by atoms with Gasteiger partial charge in [-0.15, -0.1) is 0 Å². The summed E-state index contributed by atoms with van der Waals surface area (Å²) in [4.78, 5) is 21.5. The summed E-state index contributed by atoms with van der Waals surface area (Å²) in [7, 11) is 1.58. The van der Waals surface area contributed by atoms with Crippen LogP contribution in [0.25, 0.3) is 22.2 Å². The highest BCUT2D eigenvalue weighted by Gasteiger charge is 2.30. The summed E-state index contributed by atoms with van der Waals surface area (Å²) >= 11 is 1.23. The summed E-state index contributed by atoms with van der Waals surface area (Å²) in [5.41, 5.74) is 2.97. The van der Waals surface area contributed by atoms with Gasteiger partial charge in [0.25, 0.3) is 5.56 Å². The minimum atomic E-state index is -4.43. The zero-order valence-corrected chi connectivity index (χ0v) is 20.6. The molecule has 0 amide bonds. The van der Waals surface area contributed by atoms with Gasteiger partial charge in [-0.2, -0.15) is 13.2 Å². The maximum absolute atomic E-state index is 13.6. The number of ether oxygens (including phenoxy) is 1. The molecule has 0 saturated heterocycles. The predicted octanol–water partition coefficient (Wildman–Crippen LogP) is 6.76. The van der Waals surface area contributed by atoms with Gasteiger partial charge >= 0.3 is 6.18 Å². The standard InChI is InChI=1S/C28H22F3N3O2S/c1-36-22-12-10-18(11-13-22)16-34-26(35)25-24(23(15-32-25)20-7-3-2-4-8-20)33-27(34)37-17-19-6-5-9-21(14-19)28(29,30)31/h2-15,32H,16-17H2,1H3. The van der Waals surface area contributed by atoms with Crippen molar-refractivity contribution >= 4 is 22.8 Å². The van der Waals surface area contributed by atoms with Gasteiger partial charge in [0.1, 0.15) is 16.8 Å². The third-order valence-corrected chi connectivity index (χ3v) is 7.00. The molecule has 9 heteroatoms. The third-order valence-electron chi connectivity index (χ3n) is 5.96. The van der Waals surface area contributed by atoms with Crippen LogP contribution < -0.4 is 10.3 Å². The number of alkyl halides is 3. The number of aromatic nitrogens is 3. The van der Waals surface area contributed by atoms with E-state index >= 15 is 0 Å². The second kappa shape index (κ2) is 10.2. The summed E-state index contributed by atoms with van der Waals surface area (Å²) < 4.78 is 46.4. The molecule has 0 aliphatic rings. The number of hydrogen-bond donors (Lipinski definition) is 1. The Morgan fingerprint density at radius 3 is 2.43 bits per heavy atom. The molecular formula is C28H22F3N3O2S. The maximum Gasteiger partial charge on any atom is 0.416 e. The van der Waals surface area contributed by atoms with E-state index in [4.69, 9.17) is 9.72 Å². The fraction of sp³-hybridized carbons (Fsp3) is 0.143. The summed E-state index contributed by atoms with van der Waals surface area (Å²) in [5, 5.41) is 0.419. The molecule has 0 saturated carbocycles. The molecule has 5 rings (SSSR count). The summed E-state index contributed by atoms with van der Waals surface area (Å²) in [6, 6.07) is 22.1. The number of benzene rings is 3. The molecule has 0 atom stereocenters. The molecule has 5 aromatic rings. The van der Waals surface area contributed by atoms with Crippen LogP contribution in [-0.4, -0.2) is 21.6 Å². The van der Waals surface area contributed by atoms with Crippen LogP contribution in [0.4, 0.5) is 13.2 Å². The molecule has 0 aliphatic heterocycles. The van der Waals surface area contributed by atoms with Crippen LogP contribution in [-0.2, 0) is 18.5 Å². The smallest absolute Gasteiger partial charge is 0.416 e. The Morgan fingerprint density at radius 2 is 1.73 bits per heavy atom. The minimum absolute atomic E-state index is 0.218. The zero-order valence-electron chi connectivity index (χ0n) is 19.8. The lowest BCUT2D eigenvalue weighted by molar-refractivity contribution is -0.137. The zero-order chi connectivity index (χ0) is 26.0. The highest BCUT2D eigenvalue weighted by molar-refractivity contribution is 7.98. The van der Waals surface area contributed by atoms with E-state index in [2.05, 4.69) is 4.98 Å². The molecule has 3 aromatic carbocycles. The molecule has 5 nitrogen and oxygen atoms in total. The quantitative estimate of drug-likeness (QED) is 0.190. The second-order valence-corrected chi connectivity index (χ2v) is 9.36. The number of fused-ring (bicyclic) bond motifs is 1. The lowest BCUT2D eigenvalue weighted by atomic mass is 10.1. The molecule has 0 fully saturated rings. The molecule has 0 spiro atoms. The number of nitrogens with one attached hydrogen (secondary N) is 1. The van der Waals surface area contributed by atoms with Gasteiger partial charge < -0.3 is 9.72 Å². The molecule has 2 aromatic heterocycles. The average Bonchev–Trinajstić information content (AvgIpc) is 3.34. The second-order valence-electron chi connectivity index (χ2n) is 8.41. The molecular weight excluding hydrogens is 499 g/mol. The molecule has 188 valence electrons. The number of rotatable bonds is 7. The van der Waals surface area contributed by atoms with Crippen molar-refractivity contribution in [3.63, 3.8) is 0 Å². The van der Waals surface area contributed by atoms with Crippen LogP contribution in [0, 0.1) is 0 Å². The summed E-state index contributed by atoms with van der Waals surface area (Å²) in [5.74, 6) is 0.913. The van der Waals surface area contributed by atoms with Crippen molar-refractivity contribution in [2.24, 2.45) is 0 Å². The van der Waals surface area contributed by atoms with Gasteiger partial charge in [-0.05, 0) is 34.9 Å². The highest BCUT2D eigenvalue weighted by Crippen LogP contribution is 2.32. The Bertz CT molecular complexity index is 1590. The molecule has 0 bridgehead atoms. The van der Waals surface area contributed by atoms with E-state index in [0.717, 1.165) is 28.8 Å². The van der Waals surface area contributed by atoms with E-state index in [0.29, 0.717) is 27.5 Å². The van der Waals surface area contributed by atoms with Gasteiger partial charge in [-0.25, -0.2) is 4.98 Å². The van der Waals surface area contributed by atoms with E-state index < -0.39 is 11.7 Å². The average molecular weight is 522 g/mol. The number of methoxy groups -OCH3 is 1. The Labute approximate surface area is 214 Å². The SMILES string of the molecule is COc1ccc(Cn2c(SCc3cccc(C(F)(F)F)c3)nc3c(-c4ccccc4)c[nH]c3c2=O)cc1. The highest BCUT2D eigenvalue weighted by atomic mass is 32.2. The fourth-order valence-electron chi connectivity index (χ4n) is 4.06. The van der Waals surface area contributed by atoms with E-state index in [1.54, 1.807) is 23.9 Å². The monoisotopic (exact) mass is 521 g/mol. The Morgan fingerprint density at radius 1 is 0.973 bits per heavy atom. The molecule has 2 heterocycles. The van der Waals surface area contributed by atoms with Crippen molar-refractivity contribution in [3.8, 4) is 16.9 Å². The number of halogens is 3. The van der Waals surface area contributed by atoms with E-state index in [9.17, 15) is 18.0 Å². The first kappa shape index (κ1) is 24.7. The van der Waals surface area contributed by atoms with E-state index in [-0.39, 0.29) is 17.9 Å². The first-order valence-corrected chi connectivity index (χ1v) is 12.4. The lowest BCUT2D eigenvalue weighted by Crippen LogP contribution is -2.24. The Kier molecular flexibility index (Phi) is 6.80. The molecule has 0 radical (unpaired) electrons. The predicted molar refractivity (Wildman–Crippen MR) is 139 cm³/mol. The lowest BCUT2D eigenvalue weighted by Gasteiger charge is -2.14. The van der Waals surface area contributed by atoms with Crippen molar-refractivity contribution < 1.29 is 17.9 Å². The first-order chi connectivity index (χ1) is 17.8. The fourth-order valence-corrected chi connectivity index (χ4v) is 4.99. The molecule has 0 aliphatic carbocycles. The number of aromatic amines is 1. The van der Waals surface area contributed by atoms with E-state index in [1.165, 1.54) is 17.8 Å². The van der Waals surface area contributed by atoms with Crippen LogP contribution in [0.3, 0.4) is 0 Å². The normalized spacial score (nSPS) is 11.7. The van der Waals surface area contributed by atoms with Crippen molar-refractivity contribution in [1.82, 2.24) is 14.5 Å². The maximum atomic E-state index is 13.6. The summed E-state index contributed by atoms with van der Waals surface area (Å²) in [6.45, 7) is 0.246. The largest absolute Gasteiger partial charge is 0.497 e.